The lowest BCUT2D eigenvalue weighted by atomic mass is 9.95. The van der Waals surface area contributed by atoms with Gasteiger partial charge in [0, 0.05) is 22.9 Å². The van der Waals surface area contributed by atoms with Crippen molar-refractivity contribution in [2.24, 2.45) is 0 Å². The predicted molar refractivity (Wildman–Crippen MR) is 108 cm³/mol. The molecule has 0 radical (unpaired) electrons. The van der Waals surface area contributed by atoms with Gasteiger partial charge in [0.05, 0.1) is 6.54 Å². The Morgan fingerprint density at radius 2 is 1.43 bits per heavy atom. The topological polar surface area (TPSA) is 87.3 Å². The van der Waals surface area contributed by atoms with Gasteiger partial charge in [0.1, 0.15) is 0 Å². The van der Waals surface area contributed by atoms with E-state index in [2.05, 4.69) is 16.0 Å². The second kappa shape index (κ2) is 9.69. The lowest BCUT2D eigenvalue weighted by molar-refractivity contribution is -0.121. The average molecular weight is 379 g/mol. The third-order valence-electron chi connectivity index (χ3n) is 4.82. The van der Waals surface area contributed by atoms with Crippen molar-refractivity contribution in [3.63, 3.8) is 0 Å². The summed E-state index contributed by atoms with van der Waals surface area (Å²) in [5.41, 5.74) is 1.59. The highest BCUT2D eigenvalue weighted by molar-refractivity contribution is 6.04. The Bertz CT molecular complexity index is 813. The fourth-order valence-corrected chi connectivity index (χ4v) is 3.29. The zero-order chi connectivity index (χ0) is 19.8. The van der Waals surface area contributed by atoms with Crippen molar-refractivity contribution in [2.75, 3.05) is 11.9 Å². The largest absolute Gasteiger partial charge is 0.352 e. The number of anilines is 1. The Morgan fingerprint density at radius 3 is 2.11 bits per heavy atom. The minimum Gasteiger partial charge on any atom is -0.352 e. The van der Waals surface area contributed by atoms with E-state index in [1.807, 2.05) is 6.07 Å². The van der Waals surface area contributed by atoms with Gasteiger partial charge in [-0.1, -0.05) is 37.5 Å². The van der Waals surface area contributed by atoms with Crippen LogP contribution in [-0.4, -0.2) is 30.3 Å². The van der Waals surface area contributed by atoms with Crippen LogP contribution in [0.4, 0.5) is 5.69 Å². The van der Waals surface area contributed by atoms with Gasteiger partial charge in [-0.2, -0.15) is 0 Å². The number of amides is 3. The minimum atomic E-state index is -0.320. The molecule has 28 heavy (non-hydrogen) atoms. The smallest absolute Gasteiger partial charge is 0.255 e. The van der Waals surface area contributed by atoms with Gasteiger partial charge < -0.3 is 16.0 Å². The van der Waals surface area contributed by atoms with Gasteiger partial charge in [-0.05, 0) is 49.2 Å². The number of carbonyl (C=O) groups is 3. The van der Waals surface area contributed by atoms with E-state index >= 15 is 0 Å². The summed E-state index contributed by atoms with van der Waals surface area (Å²) in [4.78, 5) is 36.3. The maximum absolute atomic E-state index is 12.2. The highest BCUT2D eigenvalue weighted by Gasteiger charge is 2.16. The quantitative estimate of drug-likeness (QED) is 0.721. The maximum atomic E-state index is 12.2. The number of hydrogen-bond donors (Lipinski definition) is 3. The first-order valence-corrected chi connectivity index (χ1v) is 9.66. The van der Waals surface area contributed by atoms with E-state index < -0.39 is 0 Å². The van der Waals surface area contributed by atoms with Gasteiger partial charge >= 0.3 is 0 Å². The molecule has 2 aromatic carbocycles. The summed E-state index contributed by atoms with van der Waals surface area (Å²) in [5, 5.41) is 8.39. The Labute approximate surface area is 164 Å². The first kappa shape index (κ1) is 19.6. The summed E-state index contributed by atoms with van der Waals surface area (Å²) in [6, 6.07) is 15.7. The van der Waals surface area contributed by atoms with Crippen LogP contribution in [0.5, 0.6) is 0 Å². The van der Waals surface area contributed by atoms with Gasteiger partial charge in [-0.25, -0.2) is 0 Å². The van der Waals surface area contributed by atoms with Crippen molar-refractivity contribution in [1.29, 1.82) is 0 Å². The molecule has 0 atom stereocenters. The fraction of sp³-hybridized carbons (Fsp3) is 0.318. The van der Waals surface area contributed by atoms with Crippen LogP contribution in [0, 0.1) is 0 Å². The van der Waals surface area contributed by atoms with Gasteiger partial charge in [0.2, 0.25) is 5.91 Å². The van der Waals surface area contributed by atoms with E-state index in [9.17, 15) is 14.4 Å². The van der Waals surface area contributed by atoms with Crippen LogP contribution in [0.25, 0.3) is 0 Å². The van der Waals surface area contributed by atoms with Crippen LogP contribution < -0.4 is 16.0 Å². The summed E-state index contributed by atoms with van der Waals surface area (Å²) < 4.78 is 0. The molecule has 1 aliphatic rings. The van der Waals surface area contributed by atoms with E-state index in [0.29, 0.717) is 16.8 Å². The van der Waals surface area contributed by atoms with Crippen molar-refractivity contribution in [2.45, 2.75) is 38.1 Å². The summed E-state index contributed by atoms with van der Waals surface area (Å²) in [7, 11) is 0. The van der Waals surface area contributed by atoms with Crippen molar-refractivity contribution in [3.05, 3.63) is 65.7 Å². The Morgan fingerprint density at radius 1 is 0.786 bits per heavy atom. The highest BCUT2D eigenvalue weighted by Crippen LogP contribution is 2.17. The van der Waals surface area contributed by atoms with E-state index in [-0.39, 0.29) is 30.3 Å². The highest BCUT2D eigenvalue weighted by atomic mass is 16.2. The van der Waals surface area contributed by atoms with Crippen LogP contribution in [0.15, 0.2) is 54.6 Å². The molecule has 1 saturated carbocycles. The summed E-state index contributed by atoms with van der Waals surface area (Å²) >= 11 is 0. The number of hydrogen-bond acceptors (Lipinski definition) is 3. The molecule has 0 spiro atoms. The first-order chi connectivity index (χ1) is 13.6. The molecule has 6 heteroatoms. The maximum Gasteiger partial charge on any atom is 0.255 e. The number of nitrogens with one attached hydrogen (secondary N) is 3. The van der Waals surface area contributed by atoms with E-state index in [1.54, 1.807) is 48.5 Å². The van der Waals surface area contributed by atoms with Gasteiger partial charge in [0.25, 0.3) is 11.8 Å². The molecule has 3 N–H and O–H groups in total. The molecule has 0 saturated heterocycles. The van der Waals surface area contributed by atoms with Crippen LogP contribution in [0.3, 0.4) is 0 Å². The molecule has 0 heterocycles. The van der Waals surface area contributed by atoms with Crippen LogP contribution in [0.1, 0.15) is 52.8 Å². The number of benzene rings is 2. The molecular weight excluding hydrogens is 354 g/mol. The Hall–Kier alpha value is -3.15. The van der Waals surface area contributed by atoms with E-state index in [4.69, 9.17) is 0 Å². The molecule has 1 aliphatic carbocycles. The predicted octanol–water partition coefficient (Wildman–Crippen LogP) is 3.12. The monoisotopic (exact) mass is 379 g/mol. The van der Waals surface area contributed by atoms with Crippen molar-refractivity contribution in [3.8, 4) is 0 Å². The van der Waals surface area contributed by atoms with Crippen molar-refractivity contribution < 1.29 is 14.4 Å². The van der Waals surface area contributed by atoms with Crippen LogP contribution >= 0.6 is 0 Å². The van der Waals surface area contributed by atoms with Crippen molar-refractivity contribution >= 4 is 23.4 Å². The zero-order valence-corrected chi connectivity index (χ0v) is 15.7. The molecule has 6 nitrogen and oxygen atoms in total. The van der Waals surface area contributed by atoms with Crippen LogP contribution in [-0.2, 0) is 4.79 Å². The molecule has 3 rings (SSSR count). The molecule has 0 bridgehead atoms. The average Bonchev–Trinajstić information content (AvgIpc) is 2.74. The number of carbonyl (C=O) groups excluding carboxylic acids is 3. The normalized spacial score (nSPS) is 14.1. The fourth-order valence-electron chi connectivity index (χ4n) is 3.29. The van der Waals surface area contributed by atoms with Gasteiger partial charge in [-0.3, -0.25) is 14.4 Å². The van der Waals surface area contributed by atoms with Crippen molar-refractivity contribution in [1.82, 2.24) is 10.6 Å². The Kier molecular flexibility index (Phi) is 6.78. The molecule has 1 fully saturated rings. The van der Waals surface area contributed by atoms with Gasteiger partial charge in [0.15, 0.2) is 0 Å². The molecule has 0 unspecified atom stereocenters. The van der Waals surface area contributed by atoms with E-state index in [0.717, 1.165) is 25.7 Å². The molecule has 2 aromatic rings. The molecule has 0 aliphatic heterocycles. The second-order valence-corrected chi connectivity index (χ2v) is 6.98. The van der Waals surface area contributed by atoms with Gasteiger partial charge in [-0.15, -0.1) is 0 Å². The van der Waals surface area contributed by atoms with Crippen LogP contribution in [0.2, 0.25) is 0 Å². The minimum absolute atomic E-state index is 0.0399. The molecule has 3 amide bonds. The Balaban J connectivity index is 1.46. The summed E-state index contributed by atoms with van der Waals surface area (Å²) in [6.45, 7) is -0.0399. The standard InChI is InChI=1S/C22H25N3O3/c26-20(24-18-9-5-2-6-10-18)15-23-21(27)17-11-13-19(14-12-17)25-22(28)16-7-3-1-4-8-16/h1,3-4,7-8,11-14,18H,2,5-6,9-10,15H2,(H,23,27)(H,24,26)(H,25,28). The first-order valence-electron chi connectivity index (χ1n) is 9.66. The molecule has 0 aromatic heterocycles. The lowest BCUT2D eigenvalue weighted by Gasteiger charge is -2.22. The number of rotatable bonds is 6. The SMILES string of the molecule is O=C(CNC(=O)c1ccc(NC(=O)c2ccccc2)cc1)NC1CCCCC1. The van der Waals surface area contributed by atoms with E-state index in [1.165, 1.54) is 6.42 Å². The molecular formula is C22H25N3O3. The summed E-state index contributed by atoms with van der Waals surface area (Å²) in [5.74, 6) is -0.691. The zero-order valence-electron chi connectivity index (χ0n) is 15.7. The third kappa shape index (κ3) is 5.67. The second-order valence-electron chi connectivity index (χ2n) is 6.98. The third-order valence-corrected chi connectivity index (χ3v) is 4.82. The summed E-state index contributed by atoms with van der Waals surface area (Å²) in [6.07, 6.45) is 5.53. The lowest BCUT2D eigenvalue weighted by Crippen LogP contribution is -2.42. The molecule has 146 valence electrons.